The van der Waals surface area contributed by atoms with Crippen molar-refractivity contribution >= 4 is 23.6 Å². The fraction of sp³-hybridized carbons (Fsp3) is 0.182. The number of benzene rings is 1. The third-order valence-electron chi connectivity index (χ3n) is 2.39. The molecule has 0 bridgehead atoms. The molecule has 0 fully saturated rings. The second kappa shape index (κ2) is 4.25. The number of para-hydroxylation sites is 1. The summed E-state index contributed by atoms with van der Waals surface area (Å²) in [6.07, 6.45) is -0.678. The van der Waals surface area contributed by atoms with Gasteiger partial charge in [-0.1, -0.05) is 12.1 Å². The predicted octanol–water partition coefficient (Wildman–Crippen LogP) is 0.529. The number of ether oxygens (including phenoxy) is 1. The van der Waals surface area contributed by atoms with E-state index in [-0.39, 0.29) is 12.1 Å². The SMILES string of the molecule is COC(=O)N1CC(=O)NC(=O)c2ccccc21. The van der Waals surface area contributed by atoms with Crippen LogP contribution in [-0.2, 0) is 9.53 Å². The summed E-state index contributed by atoms with van der Waals surface area (Å²) in [6.45, 7) is -0.241. The summed E-state index contributed by atoms with van der Waals surface area (Å²) in [5.41, 5.74) is 0.631. The second-order valence-electron chi connectivity index (χ2n) is 3.45. The number of nitrogens with zero attached hydrogens (tertiary/aromatic N) is 1. The minimum absolute atomic E-state index is 0.241. The molecule has 1 N–H and O–H groups in total. The van der Waals surface area contributed by atoms with Crippen LogP contribution >= 0.6 is 0 Å². The van der Waals surface area contributed by atoms with E-state index in [1.807, 2.05) is 0 Å². The molecule has 0 saturated carbocycles. The number of carbonyl (C=O) groups is 3. The number of hydrogen-bond acceptors (Lipinski definition) is 4. The summed E-state index contributed by atoms with van der Waals surface area (Å²) < 4.78 is 4.58. The van der Waals surface area contributed by atoms with Gasteiger partial charge in [0.05, 0.1) is 18.4 Å². The van der Waals surface area contributed by atoms with Crippen LogP contribution < -0.4 is 10.2 Å². The molecule has 0 saturated heterocycles. The number of amides is 3. The summed E-state index contributed by atoms with van der Waals surface area (Å²) in [6, 6.07) is 6.46. The molecule has 0 unspecified atom stereocenters. The number of methoxy groups -OCH3 is 1. The highest BCUT2D eigenvalue weighted by Crippen LogP contribution is 2.22. The van der Waals surface area contributed by atoms with Crippen LogP contribution in [0.15, 0.2) is 24.3 Å². The topological polar surface area (TPSA) is 75.7 Å². The molecular formula is C11H10N2O4. The number of hydrogen-bond donors (Lipinski definition) is 1. The van der Waals surface area contributed by atoms with E-state index in [0.717, 1.165) is 4.90 Å². The fourth-order valence-corrected chi connectivity index (χ4v) is 1.64. The van der Waals surface area contributed by atoms with Gasteiger partial charge in [-0.3, -0.25) is 19.8 Å². The van der Waals surface area contributed by atoms with E-state index in [1.54, 1.807) is 24.3 Å². The summed E-state index contributed by atoms with van der Waals surface area (Å²) in [5.74, 6) is -1.06. The van der Waals surface area contributed by atoms with E-state index in [1.165, 1.54) is 7.11 Å². The summed E-state index contributed by atoms with van der Waals surface area (Å²) >= 11 is 0. The molecule has 0 aromatic heterocycles. The van der Waals surface area contributed by atoms with Crippen molar-refractivity contribution in [2.75, 3.05) is 18.6 Å². The molecule has 0 atom stereocenters. The molecule has 1 aliphatic rings. The maximum atomic E-state index is 11.7. The van der Waals surface area contributed by atoms with Gasteiger partial charge in [-0.15, -0.1) is 0 Å². The zero-order chi connectivity index (χ0) is 12.4. The van der Waals surface area contributed by atoms with E-state index in [9.17, 15) is 14.4 Å². The molecule has 1 aromatic rings. The summed E-state index contributed by atoms with van der Waals surface area (Å²) in [4.78, 5) is 35.7. The highest BCUT2D eigenvalue weighted by Gasteiger charge is 2.28. The zero-order valence-electron chi connectivity index (χ0n) is 9.10. The Hall–Kier alpha value is -2.37. The van der Waals surface area contributed by atoms with Crippen molar-refractivity contribution in [3.63, 3.8) is 0 Å². The van der Waals surface area contributed by atoms with Crippen LogP contribution in [0.25, 0.3) is 0 Å². The zero-order valence-corrected chi connectivity index (χ0v) is 9.10. The lowest BCUT2D eigenvalue weighted by molar-refractivity contribution is -0.118. The summed E-state index contributed by atoms with van der Waals surface area (Å²) in [5, 5.41) is 2.18. The van der Waals surface area contributed by atoms with Crippen molar-refractivity contribution in [3.8, 4) is 0 Å². The lowest BCUT2D eigenvalue weighted by atomic mass is 10.1. The molecular weight excluding hydrogens is 224 g/mol. The van der Waals surface area contributed by atoms with E-state index >= 15 is 0 Å². The predicted molar refractivity (Wildman–Crippen MR) is 58.7 cm³/mol. The van der Waals surface area contributed by atoms with Crippen LogP contribution in [0.1, 0.15) is 10.4 Å². The number of carbonyl (C=O) groups excluding carboxylic acids is 3. The maximum absolute atomic E-state index is 11.7. The van der Waals surface area contributed by atoms with Crippen LogP contribution in [-0.4, -0.2) is 31.6 Å². The van der Waals surface area contributed by atoms with Gasteiger partial charge in [0.25, 0.3) is 5.91 Å². The third kappa shape index (κ3) is 1.96. The first kappa shape index (κ1) is 11.1. The Morgan fingerprint density at radius 3 is 2.76 bits per heavy atom. The molecule has 1 aromatic carbocycles. The third-order valence-corrected chi connectivity index (χ3v) is 2.39. The molecule has 2 rings (SSSR count). The van der Waals surface area contributed by atoms with Gasteiger partial charge in [-0.2, -0.15) is 0 Å². The molecule has 6 nitrogen and oxygen atoms in total. The van der Waals surface area contributed by atoms with Crippen molar-refractivity contribution in [2.24, 2.45) is 0 Å². The number of imide groups is 1. The fourth-order valence-electron chi connectivity index (χ4n) is 1.64. The van der Waals surface area contributed by atoms with E-state index in [4.69, 9.17) is 0 Å². The van der Waals surface area contributed by atoms with E-state index in [2.05, 4.69) is 10.1 Å². The van der Waals surface area contributed by atoms with Crippen LogP contribution in [0, 0.1) is 0 Å². The van der Waals surface area contributed by atoms with Crippen LogP contribution in [0.5, 0.6) is 0 Å². The number of nitrogens with one attached hydrogen (secondary N) is 1. The van der Waals surface area contributed by atoms with Gasteiger partial charge in [0, 0.05) is 0 Å². The Labute approximate surface area is 97.2 Å². The largest absolute Gasteiger partial charge is 0.452 e. The van der Waals surface area contributed by atoms with Gasteiger partial charge >= 0.3 is 6.09 Å². The van der Waals surface area contributed by atoms with Crippen molar-refractivity contribution in [1.82, 2.24) is 5.32 Å². The molecule has 0 spiro atoms. The van der Waals surface area contributed by atoms with E-state index < -0.39 is 17.9 Å². The van der Waals surface area contributed by atoms with Crippen molar-refractivity contribution in [3.05, 3.63) is 29.8 Å². The molecule has 6 heteroatoms. The molecule has 3 amide bonds. The number of rotatable bonds is 0. The smallest absolute Gasteiger partial charge is 0.414 e. The minimum atomic E-state index is -0.678. The van der Waals surface area contributed by atoms with Gasteiger partial charge in [0.2, 0.25) is 5.91 Å². The first-order valence-corrected chi connectivity index (χ1v) is 4.92. The summed E-state index contributed by atoms with van der Waals surface area (Å²) in [7, 11) is 1.22. The Kier molecular flexibility index (Phi) is 2.78. The molecule has 17 heavy (non-hydrogen) atoms. The number of fused-ring (bicyclic) bond motifs is 1. The van der Waals surface area contributed by atoms with Crippen molar-refractivity contribution in [1.29, 1.82) is 0 Å². The Balaban J connectivity index is 2.53. The normalized spacial score (nSPS) is 14.8. The molecule has 0 radical (unpaired) electrons. The molecule has 1 heterocycles. The Morgan fingerprint density at radius 2 is 2.06 bits per heavy atom. The second-order valence-corrected chi connectivity index (χ2v) is 3.45. The lowest BCUT2D eigenvalue weighted by Gasteiger charge is -2.19. The van der Waals surface area contributed by atoms with E-state index in [0.29, 0.717) is 5.69 Å². The molecule has 1 aliphatic heterocycles. The highest BCUT2D eigenvalue weighted by molar-refractivity contribution is 6.14. The monoisotopic (exact) mass is 234 g/mol. The van der Waals surface area contributed by atoms with Crippen LogP contribution in [0.2, 0.25) is 0 Å². The van der Waals surface area contributed by atoms with Gasteiger partial charge in [0.15, 0.2) is 0 Å². The van der Waals surface area contributed by atoms with Gasteiger partial charge in [-0.25, -0.2) is 4.79 Å². The lowest BCUT2D eigenvalue weighted by Crippen LogP contribution is -2.39. The van der Waals surface area contributed by atoms with Gasteiger partial charge < -0.3 is 4.74 Å². The maximum Gasteiger partial charge on any atom is 0.414 e. The highest BCUT2D eigenvalue weighted by atomic mass is 16.5. The Bertz CT molecular complexity index is 498. The average Bonchev–Trinajstić information content (AvgIpc) is 2.46. The van der Waals surface area contributed by atoms with Crippen molar-refractivity contribution < 1.29 is 19.1 Å². The first-order chi connectivity index (χ1) is 8.13. The van der Waals surface area contributed by atoms with Gasteiger partial charge in [-0.05, 0) is 12.1 Å². The first-order valence-electron chi connectivity index (χ1n) is 4.92. The standard InChI is InChI=1S/C11H10N2O4/c1-17-11(16)13-6-9(14)12-10(15)7-4-2-3-5-8(7)13/h2-5H,6H2,1H3,(H,12,14,15). The number of anilines is 1. The Morgan fingerprint density at radius 1 is 1.35 bits per heavy atom. The van der Waals surface area contributed by atoms with Crippen LogP contribution in [0.4, 0.5) is 10.5 Å². The minimum Gasteiger partial charge on any atom is -0.452 e. The van der Waals surface area contributed by atoms with Crippen LogP contribution in [0.3, 0.4) is 0 Å². The molecule has 0 aliphatic carbocycles. The quantitative estimate of drug-likeness (QED) is 0.664. The molecule has 88 valence electrons. The van der Waals surface area contributed by atoms with Gasteiger partial charge in [0.1, 0.15) is 6.54 Å². The van der Waals surface area contributed by atoms with Crippen molar-refractivity contribution in [2.45, 2.75) is 0 Å². The average molecular weight is 234 g/mol.